The molecule has 5 nitrogen and oxygen atoms in total. The van der Waals surface area contributed by atoms with Crippen LogP contribution < -0.4 is 5.43 Å². The van der Waals surface area contributed by atoms with E-state index in [-0.39, 0.29) is 5.91 Å². The van der Waals surface area contributed by atoms with Gasteiger partial charge in [-0.2, -0.15) is 4.79 Å². The molecule has 66 valence electrons. The van der Waals surface area contributed by atoms with Crippen molar-refractivity contribution in [3.05, 3.63) is 24.3 Å². The molecule has 0 aliphatic heterocycles. The number of rotatable bonds is 1. The molecule has 2 aromatic rings. The molecule has 0 saturated carbocycles. The zero-order valence-corrected chi connectivity index (χ0v) is 7.06. The molecule has 0 saturated heterocycles. The van der Waals surface area contributed by atoms with Crippen LogP contribution in [0.15, 0.2) is 24.3 Å². The van der Waals surface area contributed by atoms with Crippen LogP contribution in [0.5, 0.6) is 0 Å². The van der Waals surface area contributed by atoms with E-state index in [0.29, 0.717) is 0 Å². The number of para-hydroxylation sites is 1. The molecule has 2 rings (SSSR count). The molecule has 5 heteroatoms. The van der Waals surface area contributed by atoms with Gasteiger partial charge in [-0.3, -0.25) is 4.79 Å². The van der Waals surface area contributed by atoms with Gasteiger partial charge in [0.25, 0.3) is 0 Å². The van der Waals surface area contributed by atoms with E-state index in [9.17, 15) is 4.79 Å². The SMILES string of the molecule is CC(=O)Nn1nnc2ccccc21. The highest BCUT2D eigenvalue weighted by molar-refractivity contribution is 5.83. The van der Waals surface area contributed by atoms with Crippen molar-refractivity contribution in [3.63, 3.8) is 0 Å². The lowest BCUT2D eigenvalue weighted by molar-refractivity contribution is -0.115. The minimum atomic E-state index is -0.171. The number of hydrogen-bond donors (Lipinski definition) is 1. The van der Waals surface area contributed by atoms with Crippen LogP contribution in [-0.2, 0) is 4.79 Å². The van der Waals surface area contributed by atoms with Crippen molar-refractivity contribution < 1.29 is 4.79 Å². The first kappa shape index (κ1) is 7.72. The summed E-state index contributed by atoms with van der Waals surface area (Å²) in [5.41, 5.74) is 4.08. The van der Waals surface area contributed by atoms with Gasteiger partial charge in [-0.15, -0.1) is 5.10 Å². The Kier molecular flexibility index (Phi) is 1.70. The Morgan fingerprint density at radius 2 is 2.23 bits per heavy atom. The Morgan fingerprint density at radius 3 is 3.00 bits per heavy atom. The quantitative estimate of drug-likeness (QED) is 0.689. The lowest BCUT2D eigenvalue weighted by Crippen LogP contribution is -2.20. The topological polar surface area (TPSA) is 59.8 Å². The second kappa shape index (κ2) is 2.85. The van der Waals surface area contributed by atoms with E-state index in [2.05, 4.69) is 15.7 Å². The standard InChI is InChI=1S/C8H8N4O/c1-6(13)10-12-8-5-3-2-4-7(8)9-11-12/h2-5H,1H3,(H,10,13). The van der Waals surface area contributed by atoms with Gasteiger partial charge in [-0.25, -0.2) is 5.43 Å². The Bertz CT molecular complexity index is 448. The summed E-state index contributed by atoms with van der Waals surface area (Å²) in [6, 6.07) is 7.41. The highest BCUT2D eigenvalue weighted by Crippen LogP contribution is 2.07. The maximum absolute atomic E-state index is 10.8. The molecule has 13 heavy (non-hydrogen) atoms. The summed E-state index contributed by atoms with van der Waals surface area (Å²) in [5.74, 6) is -0.171. The number of aromatic nitrogens is 3. The average molecular weight is 176 g/mol. The summed E-state index contributed by atoms with van der Waals surface area (Å²) in [5, 5.41) is 7.64. The van der Waals surface area contributed by atoms with E-state index in [1.165, 1.54) is 11.7 Å². The number of benzene rings is 1. The van der Waals surface area contributed by atoms with Crippen LogP contribution in [0.3, 0.4) is 0 Å². The van der Waals surface area contributed by atoms with E-state index in [1.54, 1.807) is 0 Å². The molecule has 0 radical (unpaired) electrons. The number of amides is 1. The van der Waals surface area contributed by atoms with Crippen LogP contribution in [0.4, 0.5) is 0 Å². The average Bonchev–Trinajstić information content (AvgIpc) is 2.48. The van der Waals surface area contributed by atoms with Crippen molar-refractivity contribution >= 4 is 16.9 Å². The number of hydrogen-bond acceptors (Lipinski definition) is 3. The number of fused-ring (bicyclic) bond motifs is 1. The molecule has 0 atom stereocenters. The van der Waals surface area contributed by atoms with Crippen LogP contribution in [-0.4, -0.2) is 21.0 Å². The molecular formula is C8H8N4O. The van der Waals surface area contributed by atoms with Crippen molar-refractivity contribution in [2.24, 2.45) is 0 Å². The largest absolute Gasteiger partial charge is 0.274 e. The van der Waals surface area contributed by atoms with Crippen molar-refractivity contribution in [1.29, 1.82) is 0 Å². The van der Waals surface area contributed by atoms with Gasteiger partial charge in [0.2, 0.25) is 5.91 Å². The minimum Gasteiger partial charge on any atom is -0.274 e. The first-order chi connectivity index (χ1) is 6.27. The lowest BCUT2D eigenvalue weighted by Gasteiger charge is -1.99. The first-order valence-electron chi connectivity index (χ1n) is 3.85. The van der Waals surface area contributed by atoms with E-state index in [4.69, 9.17) is 0 Å². The third kappa shape index (κ3) is 1.35. The molecule has 0 unspecified atom stereocenters. The molecule has 0 aliphatic rings. The second-order valence-corrected chi connectivity index (χ2v) is 2.66. The zero-order chi connectivity index (χ0) is 9.26. The highest BCUT2D eigenvalue weighted by Gasteiger charge is 2.02. The predicted molar refractivity (Wildman–Crippen MR) is 47.6 cm³/mol. The second-order valence-electron chi connectivity index (χ2n) is 2.66. The highest BCUT2D eigenvalue weighted by atomic mass is 16.2. The van der Waals surface area contributed by atoms with E-state index in [0.717, 1.165) is 11.0 Å². The van der Waals surface area contributed by atoms with Crippen molar-refractivity contribution in [2.45, 2.75) is 6.92 Å². The zero-order valence-electron chi connectivity index (χ0n) is 7.06. The summed E-state index contributed by atoms with van der Waals surface area (Å²) in [4.78, 5) is 12.1. The molecule has 0 fully saturated rings. The van der Waals surface area contributed by atoms with Gasteiger partial charge in [-0.05, 0) is 17.3 Å². The molecule has 0 aliphatic carbocycles. The molecule has 1 aromatic carbocycles. The Balaban J connectivity index is 2.51. The maximum Gasteiger partial charge on any atom is 0.237 e. The first-order valence-corrected chi connectivity index (χ1v) is 3.85. The predicted octanol–water partition coefficient (Wildman–Crippen LogP) is 0.521. The van der Waals surface area contributed by atoms with E-state index < -0.39 is 0 Å². The fourth-order valence-corrected chi connectivity index (χ4v) is 1.10. The Hall–Kier alpha value is -1.91. The van der Waals surface area contributed by atoms with E-state index >= 15 is 0 Å². The molecular weight excluding hydrogens is 168 g/mol. The molecule has 1 aromatic heterocycles. The molecule has 1 amide bonds. The van der Waals surface area contributed by atoms with Crippen molar-refractivity contribution in [3.8, 4) is 0 Å². The Labute approximate surface area is 74.3 Å². The van der Waals surface area contributed by atoms with Crippen LogP contribution >= 0.6 is 0 Å². The molecule has 0 bridgehead atoms. The third-order valence-electron chi connectivity index (χ3n) is 1.62. The number of carbonyl (C=O) groups is 1. The minimum absolute atomic E-state index is 0.171. The van der Waals surface area contributed by atoms with Gasteiger partial charge < -0.3 is 0 Å². The summed E-state index contributed by atoms with van der Waals surface area (Å²) < 4.78 is 0. The van der Waals surface area contributed by atoms with Crippen LogP contribution in [0.1, 0.15) is 6.92 Å². The summed E-state index contributed by atoms with van der Waals surface area (Å²) in [7, 11) is 0. The number of nitrogens with zero attached hydrogens (tertiary/aromatic N) is 3. The van der Waals surface area contributed by atoms with Crippen LogP contribution in [0.25, 0.3) is 11.0 Å². The van der Waals surface area contributed by atoms with Crippen LogP contribution in [0.2, 0.25) is 0 Å². The fourth-order valence-electron chi connectivity index (χ4n) is 1.10. The van der Waals surface area contributed by atoms with Gasteiger partial charge in [0, 0.05) is 6.92 Å². The van der Waals surface area contributed by atoms with E-state index in [1.807, 2.05) is 24.3 Å². The van der Waals surface area contributed by atoms with Gasteiger partial charge in [0.05, 0.1) is 0 Å². The van der Waals surface area contributed by atoms with Gasteiger partial charge in [-0.1, -0.05) is 12.1 Å². The van der Waals surface area contributed by atoms with Crippen LogP contribution in [0, 0.1) is 0 Å². The normalized spacial score (nSPS) is 10.2. The summed E-state index contributed by atoms with van der Waals surface area (Å²) >= 11 is 0. The molecule has 1 N–H and O–H groups in total. The number of carbonyl (C=O) groups excluding carboxylic acids is 1. The van der Waals surface area contributed by atoms with Gasteiger partial charge in [0.1, 0.15) is 11.0 Å². The Morgan fingerprint density at radius 1 is 1.46 bits per heavy atom. The maximum atomic E-state index is 10.8. The molecule has 0 spiro atoms. The monoisotopic (exact) mass is 176 g/mol. The fraction of sp³-hybridized carbons (Fsp3) is 0.125. The summed E-state index contributed by atoms with van der Waals surface area (Å²) in [6.45, 7) is 1.43. The van der Waals surface area contributed by atoms with Crippen molar-refractivity contribution in [1.82, 2.24) is 15.1 Å². The third-order valence-corrected chi connectivity index (χ3v) is 1.62. The van der Waals surface area contributed by atoms with Gasteiger partial charge >= 0.3 is 0 Å². The van der Waals surface area contributed by atoms with Crippen molar-refractivity contribution in [2.75, 3.05) is 5.43 Å². The lowest BCUT2D eigenvalue weighted by atomic mass is 10.3. The summed E-state index contributed by atoms with van der Waals surface area (Å²) in [6.07, 6.45) is 0. The molecule has 1 heterocycles. The van der Waals surface area contributed by atoms with Gasteiger partial charge in [0.15, 0.2) is 0 Å². The number of nitrogens with one attached hydrogen (secondary N) is 1. The smallest absolute Gasteiger partial charge is 0.237 e.